The number of ether oxygens (including phenoxy) is 5. The van der Waals surface area contributed by atoms with Gasteiger partial charge in [-0.1, -0.05) is 13.0 Å². The molecular formula is C23H33NO10. The fraction of sp³-hybridized carbons (Fsp3) is 0.565. The van der Waals surface area contributed by atoms with Crippen LogP contribution in [0.3, 0.4) is 0 Å². The lowest BCUT2D eigenvalue weighted by atomic mass is 9.79. The number of carbonyl (C=O) groups excluding carboxylic acids is 3. The molecule has 1 aromatic carbocycles. The molecule has 0 fully saturated rings. The molecule has 0 saturated carbocycles. The van der Waals surface area contributed by atoms with Gasteiger partial charge in [-0.3, -0.25) is 9.59 Å². The van der Waals surface area contributed by atoms with E-state index in [9.17, 15) is 24.3 Å². The number of esters is 1. The molecule has 0 bridgehead atoms. The van der Waals surface area contributed by atoms with E-state index in [1.54, 1.807) is 41.5 Å². The Balaban J connectivity index is 3.47. The first kappa shape index (κ1) is 28.7. The molecule has 0 saturated heterocycles. The third-order valence-corrected chi connectivity index (χ3v) is 4.73. The molecule has 0 radical (unpaired) electrons. The Morgan fingerprint density at radius 1 is 0.824 bits per heavy atom. The first-order chi connectivity index (χ1) is 15.7. The maximum atomic E-state index is 12.1. The van der Waals surface area contributed by atoms with Crippen LogP contribution < -0.4 is 15.2 Å². The second-order valence-electron chi connectivity index (χ2n) is 8.31. The van der Waals surface area contributed by atoms with Crippen molar-refractivity contribution in [2.24, 2.45) is 11.7 Å². The highest BCUT2D eigenvalue weighted by Crippen LogP contribution is 2.37. The number of aliphatic carboxylic acids is 1. The normalized spacial score (nSPS) is 14.5. The zero-order chi connectivity index (χ0) is 26.2. The summed E-state index contributed by atoms with van der Waals surface area (Å²) in [6.07, 6.45) is -3.71. The van der Waals surface area contributed by atoms with Crippen molar-refractivity contribution < 1.29 is 48.0 Å². The average molecular weight is 484 g/mol. The van der Waals surface area contributed by atoms with Gasteiger partial charge in [0, 0.05) is 18.8 Å². The summed E-state index contributed by atoms with van der Waals surface area (Å²) in [4.78, 5) is 47.3. The van der Waals surface area contributed by atoms with Gasteiger partial charge in [-0.2, -0.15) is 0 Å². The van der Waals surface area contributed by atoms with Crippen molar-refractivity contribution in [1.82, 2.24) is 0 Å². The number of carbonyl (C=O) groups is 4. The predicted octanol–water partition coefficient (Wildman–Crippen LogP) is 3.62. The Bertz CT molecular complexity index is 883. The maximum absolute atomic E-state index is 12.1. The molecule has 1 rings (SSSR count). The van der Waals surface area contributed by atoms with E-state index in [0.29, 0.717) is 5.56 Å². The molecule has 0 spiro atoms. The fourth-order valence-corrected chi connectivity index (χ4v) is 3.16. The molecule has 34 heavy (non-hydrogen) atoms. The molecule has 0 heterocycles. The summed E-state index contributed by atoms with van der Waals surface area (Å²) in [5.41, 5.74) is 6.32. The summed E-state index contributed by atoms with van der Waals surface area (Å²) < 4.78 is 25.5. The van der Waals surface area contributed by atoms with E-state index in [1.807, 2.05) is 0 Å². The molecule has 0 aromatic heterocycles. The van der Waals surface area contributed by atoms with Gasteiger partial charge in [0.2, 0.25) is 0 Å². The van der Waals surface area contributed by atoms with Gasteiger partial charge in [0.25, 0.3) is 0 Å². The van der Waals surface area contributed by atoms with Crippen LogP contribution in [-0.4, -0.2) is 53.7 Å². The zero-order valence-electron chi connectivity index (χ0n) is 20.4. The Hall–Kier alpha value is -3.34. The Labute approximate surface area is 198 Å². The topological polar surface area (TPSA) is 161 Å². The van der Waals surface area contributed by atoms with E-state index in [4.69, 9.17) is 29.4 Å². The van der Waals surface area contributed by atoms with Crippen LogP contribution in [0.2, 0.25) is 0 Å². The van der Waals surface area contributed by atoms with Gasteiger partial charge < -0.3 is 34.5 Å². The zero-order valence-corrected chi connectivity index (χ0v) is 20.4. The number of hydrogen-bond acceptors (Lipinski definition) is 10. The van der Waals surface area contributed by atoms with Gasteiger partial charge >= 0.3 is 24.2 Å². The molecule has 0 amide bonds. The molecule has 190 valence electrons. The number of rotatable bonds is 10. The van der Waals surface area contributed by atoms with Crippen molar-refractivity contribution in [3.05, 3.63) is 23.8 Å². The van der Waals surface area contributed by atoms with Crippen LogP contribution in [0.1, 0.15) is 59.9 Å². The van der Waals surface area contributed by atoms with Gasteiger partial charge in [-0.25, -0.2) is 9.59 Å². The minimum absolute atomic E-state index is 0.154. The summed E-state index contributed by atoms with van der Waals surface area (Å²) in [7, 11) is 0. The van der Waals surface area contributed by atoms with Crippen LogP contribution in [0.4, 0.5) is 9.59 Å². The summed E-state index contributed by atoms with van der Waals surface area (Å²) in [5, 5.41) is 9.57. The SMILES string of the molecule is CC(=O)OC(C)C(C)C(c1ccc(OC(=O)OC(C)C)c(OC(=O)OC(C)C)c1)[C@H](N)C(=O)O. The van der Waals surface area contributed by atoms with Gasteiger partial charge in [-0.05, 0) is 52.3 Å². The second-order valence-corrected chi connectivity index (χ2v) is 8.31. The average Bonchev–Trinajstić information content (AvgIpc) is 2.67. The third kappa shape index (κ3) is 8.89. The molecule has 0 aliphatic rings. The lowest BCUT2D eigenvalue weighted by Gasteiger charge is -2.31. The van der Waals surface area contributed by atoms with Gasteiger partial charge in [0.1, 0.15) is 12.1 Å². The number of nitrogens with two attached hydrogens (primary N) is 1. The fourth-order valence-electron chi connectivity index (χ4n) is 3.16. The Morgan fingerprint density at radius 3 is 1.76 bits per heavy atom. The first-order valence-electron chi connectivity index (χ1n) is 10.8. The Morgan fingerprint density at radius 2 is 1.32 bits per heavy atom. The lowest BCUT2D eigenvalue weighted by molar-refractivity contribution is -0.148. The van der Waals surface area contributed by atoms with Crippen LogP contribution in [0.5, 0.6) is 11.5 Å². The van der Waals surface area contributed by atoms with Gasteiger partial charge in [0.15, 0.2) is 11.5 Å². The van der Waals surface area contributed by atoms with Crippen molar-refractivity contribution >= 4 is 24.2 Å². The lowest BCUT2D eigenvalue weighted by Crippen LogP contribution is -2.42. The second kappa shape index (κ2) is 12.8. The monoisotopic (exact) mass is 483 g/mol. The van der Waals surface area contributed by atoms with E-state index in [2.05, 4.69) is 0 Å². The van der Waals surface area contributed by atoms with Crippen molar-refractivity contribution in [2.75, 3.05) is 0 Å². The Kier molecular flexibility index (Phi) is 10.8. The summed E-state index contributed by atoms with van der Waals surface area (Å²) >= 11 is 0. The molecule has 0 aliphatic heterocycles. The van der Waals surface area contributed by atoms with Crippen LogP contribution >= 0.6 is 0 Å². The first-order valence-corrected chi connectivity index (χ1v) is 10.8. The summed E-state index contributed by atoms with van der Waals surface area (Å²) in [6.45, 7) is 11.0. The van der Waals surface area contributed by atoms with E-state index in [0.717, 1.165) is 0 Å². The molecule has 4 atom stereocenters. The molecular weight excluding hydrogens is 450 g/mol. The highest BCUT2D eigenvalue weighted by Gasteiger charge is 2.35. The number of benzene rings is 1. The largest absolute Gasteiger partial charge is 0.514 e. The van der Waals surface area contributed by atoms with Gasteiger partial charge in [0.05, 0.1) is 12.2 Å². The van der Waals surface area contributed by atoms with E-state index in [-0.39, 0.29) is 11.5 Å². The highest BCUT2D eigenvalue weighted by atomic mass is 16.7. The van der Waals surface area contributed by atoms with E-state index >= 15 is 0 Å². The molecule has 3 N–H and O–H groups in total. The minimum atomic E-state index is -1.39. The standard InChI is InChI=1S/C23H33NO10/c1-11(2)30-22(28)33-17-9-8-16(10-18(17)34-23(29)31-12(3)4)19(20(24)21(26)27)13(5)14(6)32-15(7)25/h8-14,19-20H,24H2,1-7H3,(H,26,27)/t13?,14?,19?,20-/m0/s1. The van der Waals surface area contributed by atoms with Crippen molar-refractivity contribution in [1.29, 1.82) is 0 Å². The molecule has 3 unspecified atom stereocenters. The van der Waals surface area contributed by atoms with Gasteiger partial charge in [-0.15, -0.1) is 0 Å². The number of carboxylic acids is 1. The van der Waals surface area contributed by atoms with E-state index < -0.39 is 60.4 Å². The molecule has 11 heteroatoms. The smallest absolute Gasteiger partial charge is 0.480 e. The summed E-state index contributed by atoms with van der Waals surface area (Å²) in [6, 6.07) is 2.73. The maximum Gasteiger partial charge on any atom is 0.514 e. The van der Waals surface area contributed by atoms with Crippen LogP contribution in [0.25, 0.3) is 0 Å². The van der Waals surface area contributed by atoms with Crippen LogP contribution in [-0.2, 0) is 23.8 Å². The van der Waals surface area contributed by atoms with Crippen molar-refractivity contribution in [3.63, 3.8) is 0 Å². The van der Waals surface area contributed by atoms with Crippen molar-refractivity contribution in [3.8, 4) is 11.5 Å². The van der Waals surface area contributed by atoms with Crippen LogP contribution in [0.15, 0.2) is 18.2 Å². The van der Waals surface area contributed by atoms with E-state index in [1.165, 1.54) is 25.1 Å². The quantitative estimate of drug-likeness (QED) is 0.284. The highest BCUT2D eigenvalue weighted by molar-refractivity contribution is 5.75. The summed E-state index contributed by atoms with van der Waals surface area (Å²) in [5.74, 6) is -3.60. The molecule has 11 nitrogen and oxygen atoms in total. The van der Waals surface area contributed by atoms with Crippen LogP contribution in [0, 0.1) is 5.92 Å². The molecule has 1 aromatic rings. The minimum Gasteiger partial charge on any atom is -0.480 e. The molecule has 0 aliphatic carbocycles. The third-order valence-electron chi connectivity index (χ3n) is 4.73. The predicted molar refractivity (Wildman–Crippen MR) is 120 cm³/mol. The van der Waals surface area contributed by atoms with Crippen molar-refractivity contribution in [2.45, 2.75) is 78.7 Å². The number of hydrogen-bond donors (Lipinski definition) is 2. The number of carboxylic acid groups (broad SMARTS) is 1.